The zero-order valence-electron chi connectivity index (χ0n) is 9.20. The Morgan fingerprint density at radius 2 is 2.19 bits per heavy atom. The SMILES string of the molecule is CCCCCn1c(=O)oc2cc(Cl)ccc21. The van der Waals surface area contributed by atoms with Crippen molar-refractivity contribution in [2.24, 2.45) is 0 Å². The summed E-state index contributed by atoms with van der Waals surface area (Å²) in [5, 5.41) is 0.585. The Bertz CT molecular complexity index is 541. The van der Waals surface area contributed by atoms with Gasteiger partial charge in [-0.05, 0) is 18.6 Å². The molecule has 0 radical (unpaired) electrons. The molecule has 0 amide bonds. The Morgan fingerprint density at radius 3 is 2.94 bits per heavy atom. The predicted octanol–water partition coefficient (Wildman–Crippen LogP) is 3.44. The van der Waals surface area contributed by atoms with Crippen LogP contribution in [0.3, 0.4) is 0 Å². The molecule has 0 atom stereocenters. The summed E-state index contributed by atoms with van der Waals surface area (Å²) >= 11 is 5.84. The molecule has 1 aromatic heterocycles. The van der Waals surface area contributed by atoms with E-state index >= 15 is 0 Å². The normalized spacial score (nSPS) is 11.1. The van der Waals surface area contributed by atoms with Gasteiger partial charge < -0.3 is 4.42 Å². The molecule has 0 saturated carbocycles. The van der Waals surface area contributed by atoms with E-state index in [1.165, 1.54) is 0 Å². The quantitative estimate of drug-likeness (QED) is 0.766. The van der Waals surface area contributed by atoms with E-state index in [-0.39, 0.29) is 5.76 Å². The summed E-state index contributed by atoms with van der Waals surface area (Å²) in [6, 6.07) is 5.28. The minimum atomic E-state index is -0.298. The highest BCUT2D eigenvalue weighted by Crippen LogP contribution is 2.18. The summed E-state index contributed by atoms with van der Waals surface area (Å²) in [7, 11) is 0. The van der Waals surface area contributed by atoms with Gasteiger partial charge in [-0.15, -0.1) is 0 Å². The largest absolute Gasteiger partial charge is 0.419 e. The van der Waals surface area contributed by atoms with Gasteiger partial charge in [-0.2, -0.15) is 0 Å². The maximum atomic E-state index is 11.6. The zero-order chi connectivity index (χ0) is 11.5. The molecule has 0 saturated heterocycles. The average Bonchev–Trinajstić information content (AvgIpc) is 2.55. The van der Waals surface area contributed by atoms with Crippen molar-refractivity contribution in [2.45, 2.75) is 32.7 Å². The van der Waals surface area contributed by atoms with Crippen molar-refractivity contribution in [3.8, 4) is 0 Å². The highest BCUT2D eigenvalue weighted by molar-refractivity contribution is 6.31. The maximum Gasteiger partial charge on any atom is 0.419 e. The van der Waals surface area contributed by atoms with Crippen molar-refractivity contribution in [3.63, 3.8) is 0 Å². The van der Waals surface area contributed by atoms with Crippen molar-refractivity contribution in [3.05, 3.63) is 33.8 Å². The van der Waals surface area contributed by atoms with Gasteiger partial charge in [-0.3, -0.25) is 4.57 Å². The highest BCUT2D eigenvalue weighted by atomic mass is 35.5. The maximum absolute atomic E-state index is 11.6. The van der Waals surface area contributed by atoms with Crippen LogP contribution >= 0.6 is 11.6 Å². The van der Waals surface area contributed by atoms with Gasteiger partial charge in [0.1, 0.15) is 0 Å². The fourth-order valence-electron chi connectivity index (χ4n) is 1.77. The molecule has 0 aliphatic carbocycles. The van der Waals surface area contributed by atoms with Gasteiger partial charge in [0.05, 0.1) is 5.52 Å². The van der Waals surface area contributed by atoms with Gasteiger partial charge in [-0.1, -0.05) is 31.4 Å². The third-order valence-corrected chi connectivity index (χ3v) is 2.85. The number of halogens is 1. The second-order valence-corrected chi connectivity index (χ2v) is 4.28. The molecule has 3 nitrogen and oxygen atoms in total. The minimum absolute atomic E-state index is 0.298. The number of aromatic nitrogens is 1. The van der Waals surface area contributed by atoms with E-state index in [0.717, 1.165) is 24.8 Å². The monoisotopic (exact) mass is 239 g/mol. The molecule has 0 fully saturated rings. The van der Waals surface area contributed by atoms with E-state index in [4.69, 9.17) is 16.0 Å². The van der Waals surface area contributed by atoms with E-state index in [9.17, 15) is 4.79 Å². The standard InChI is InChI=1S/C12H14ClNO2/c1-2-3-4-7-14-10-6-5-9(13)8-11(10)16-12(14)15/h5-6,8H,2-4,7H2,1H3. The fraction of sp³-hybridized carbons (Fsp3) is 0.417. The summed E-state index contributed by atoms with van der Waals surface area (Å²) < 4.78 is 6.80. The lowest BCUT2D eigenvalue weighted by Crippen LogP contribution is -2.13. The number of nitrogens with zero attached hydrogens (tertiary/aromatic N) is 1. The first-order valence-electron chi connectivity index (χ1n) is 5.51. The summed E-state index contributed by atoms with van der Waals surface area (Å²) in [6.07, 6.45) is 3.25. The Morgan fingerprint density at radius 1 is 1.38 bits per heavy atom. The van der Waals surface area contributed by atoms with Crippen LogP contribution in [0.2, 0.25) is 5.02 Å². The van der Waals surface area contributed by atoms with E-state index in [0.29, 0.717) is 17.2 Å². The molecule has 16 heavy (non-hydrogen) atoms. The molecule has 0 aliphatic rings. The van der Waals surface area contributed by atoms with Gasteiger partial charge in [0.2, 0.25) is 0 Å². The van der Waals surface area contributed by atoms with Crippen LogP contribution in [-0.4, -0.2) is 4.57 Å². The lowest BCUT2D eigenvalue weighted by Gasteiger charge is -2.00. The Balaban J connectivity index is 2.36. The van der Waals surface area contributed by atoms with Crippen LogP contribution in [-0.2, 0) is 6.54 Å². The summed E-state index contributed by atoms with van der Waals surface area (Å²) in [6.45, 7) is 2.84. The average molecular weight is 240 g/mol. The number of rotatable bonds is 4. The number of fused-ring (bicyclic) bond motifs is 1. The van der Waals surface area contributed by atoms with Gasteiger partial charge in [0.25, 0.3) is 0 Å². The van der Waals surface area contributed by atoms with E-state index in [1.807, 2.05) is 6.07 Å². The number of hydrogen-bond acceptors (Lipinski definition) is 2. The molecule has 0 bridgehead atoms. The van der Waals surface area contributed by atoms with Gasteiger partial charge in [0.15, 0.2) is 5.58 Å². The van der Waals surface area contributed by atoms with Crippen molar-refractivity contribution < 1.29 is 4.42 Å². The molecule has 2 aromatic rings. The smallest absolute Gasteiger partial charge is 0.408 e. The molecule has 0 spiro atoms. The van der Waals surface area contributed by atoms with Crippen LogP contribution < -0.4 is 5.76 Å². The molecule has 0 aliphatic heterocycles. The van der Waals surface area contributed by atoms with Crippen molar-refractivity contribution in [1.29, 1.82) is 0 Å². The summed E-state index contributed by atoms with van der Waals surface area (Å²) in [4.78, 5) is 11.6. The van der Waals surface area contributed by atoms with Gasteiger partial charge in [0, 0.05) is 17.6 Å². The molecule has 0 unspecified atom stereocenters. The van der Waals surface area contributed by atoms with Crippen molar-refractivity contribution >= 4 is 22.7 Å². The van der Waals surface area contributed by atoms with Gasteiger partial charge in [-0.25, -0.2) is 4.79 Å². The Labute approximate surface area is 98.6 Å². The number of hydrogen-bond donors (Lipinski definition) is 0. The number of aryl methyl sites for hydroxylation is 1. The third-order valence-electron chi connectivity index (χ3n) is 2.62. The molecule has 2 rings (SSSR count). The number of oxazole rings is 1. The summed E-state index contributed by atoms with van der Waals surface area (Å²) in [5.41, 5.74) is 1.39. The Kier molecular flexibility index (Phi) is 3.34. The van der Waals surface area contributed by atoms with E-state index < -0.39 is 0 Å². The first-order chi connectivity index (χ1) is 7.72. The lowest BCUT2D eigenvalue weighted by atomic mass is 10.2. The van der Waals surface area contributed by atoms with Crippen molar-refractivity contribution in [1.82, 2.24) is 4.57 Å². The van der Waals surface area contributed by atoms with Crippen LogP contribution in [0.1, 0.15) is 26.2 Å². The zero-order valence-corrected chi connectivity index (χ0v) is 9.96. The Hall–Kier alpha value is -1.22. The minimum Gasteiger partial charge on any atom is -0.408 e. The third kappa shape index (κ3) is 2.14. The number of unbranched alkanes of at least 4 members (excludes halogenated alkanes) is 2. The second kappa shape index (κ2) is 4.74. The fourth-order valence-corrected chi connectivity index (χ4v) is 1.93. The van der Waals surface area contributed by atoms with E-state index in [2.05, 4.69) is 6.92 Å². The van der Waals surface area contributed by atoms with Crippen LogP contribution in [0.4, 0.5) is 0 Å². The van der Waals surface area contributed by atoms with E-state index in [1.54, 1.807) is 16.7 Å². The van der Waals surface area contributed by atoms with Gasteiger partial charge >= 0.3 is 5.76 Å². The molecule has 86 valence electrons. The lowest BCUT2D eigenvalue weighted by molar-refractivity contribution is 0.491. The second-order valence-electron chi connectivity index (χ2n) is 3.84. The topological polar surface area (TPSA) is 35.1 Å². The van der Waals surface area contributed by atoms with Crippen LogP contribution in [0.5, 0.6) is 0 Å². The molecule has 1 heterocycles. The first kappa shape index (κ1) is 11.3. The number of benzene rings is 1. The van der Waals surface area contributed by atoms with Crippen LogP contribution in [0, 0.1) is 0 Å². The van der Waals surface area contributed by atoms with Crippen molar-refractivity contribution in [2.75, 3.05) is 0 Å². The van der Waals surface area contributed by atoms with Crippen LogP contribution in [0.25, 0.3) is 11.1 Å². The molecule has 1 aromatic carbocycles. The predicted molar refractivity (Wildman–Crippen MR) is 65.0 cm³/mol. The molecular formula is C12H14ClNO2. The molecule has 0 N–H and O–H groups in total. The summed E-state index contributed by atoms with van der Waals surface area (Å²) in [5.74, 6) is -0.298. The highest BCUT2D eigenvalue weighted by Gasteiger charge is 2.08. The molecular weight excluding hydrogens is 226 g/mol. The first-order valence-corrected chi connectivity index (χ1v) is 5.89. The van der Waals surface area contributed by atoms with Crippen LogP contribution in [0.15, 0.2) is 27.4 Å². The molecule has 4 heteroatoms.